The van der Waals surface area contributed by atoms with Gasteiger partial charge in [0.2, 0.25) is 0 Å². The van der Waals surface area contributed by atoms with Crippen molar-refractivity contribution < 1.29 is 28.4 Å². The number of hydrogen-bond acceptors (Lipinski definition) is 10. The standard InChI is InChI=1S/C49H40N5O5S2/c55-43-22-23-44(56)54(43)58-45(57)11-5-6-26-53-27-24-31(25-28-53)12-17-38-46(41-20-18-39(60-41)36-15-13-32-7-1-3-9-34(32)29-36)48-49(52-59-51-48)47(50-38)42-21-19-40(61-42)37-16-14-33-8-2-4-10-35(33)30-37/h1-2,4,7-8,10,12-21,24-25,27-28,30,34H,3,5-6,9,11,22-23,26,29H2/q+1. The molecule has 6 heterocycles. The molecule has 0 radical (unpaired) electrons. The molecule has 302 valence electrons. The van der Waals surface area contributed by atoms with Crippen LogP contribution in [0.2, 0.25) is 0 Å². The Morgan fingerprint density at radius 3 is 2.48 bits per heavy atom. The molecule has 2 aromatic carbocycles. The number of aromatic nitrogens is 4. The van der Waals surface area contributed by atoms with Crippen LogP contribution < -0.4 is 4.57 Å². The maximum atomic E-state index is 12.2. The zero-order chi connectivity index (χ0) is 41.3. The predicted octanol–water partition coefficient (Wildman–Crippen LogP) is 10.8. The molecule has 61 heavy (non-hydrogen) atoms. The van der Waals surface area contributed by atoms with Crippen molar-refractivity contribution >= 4 is 80.0 Å². The van der Waals surface area contributed by atoms with Gasteiger partial charge in [0.1, 0.15) is 17.8 Å². The monoisotopic (exact) mass is 842 g/mol. The van der Waals surface area contributed by atoms with Gasteiger partial charge in [-0.2, -0.15) is 0 Å². The molecular weight excluding hydrogens is 803 g/mol. The van der Waals surface area contributed by atoms with Crippen molar-refractivity contribution in [2.45, 2.75) is 57.9 Å². The topological polar surface area (TPSA) is 119 Å². The van der Waals surface area contributed by atoms with Gasteiger partial charge in [-0.15, -0.1) is 27.7 Å². The third-order valence-corrected chi connectivity index (χ3v) is 13.8. The van der Waals surface area contributed by atoms with Crippen LogP contribution in [0.5, 0.6) is 0 Å². The number of benzene rings is 2. The number of fused-ring (bicyclic) bond motifs is 3. The Bertz CT molecular complexity index is 2950. The number of unbranched alkanes of at least 4 members (excludes halogenated alkanes) is 1. The van der Waals surface area contributed by atoms with Gasteiger partial charge in [0.05, 0.1) is 10.6 Å². The van der Waals surface area contributed by atoms with Crippen LogP contribution in [0.4, 0.5) is 0 Å². The third kappa shape index (κ3) is 8.04. The molecular formula is C49H40N5O5S2+. The highest BCUT2D eigenvalue weighted by Gasteiger charge is 2.32. The molecule has 2 aliphatic carbocycles. The highest BCUT2D eigenvalue weighted by molar-refractivity contribution is 7.19. The summed E-state index contributed by atoms with van der Waals surface area (Å²) in [6.45, 7) is 0.692. The zero-order valence-corrected chi connectivity index (χ0v) is 34.8. The largest absolute Gasteiger partial charge is 0.333 e. The number of amides is 2. The summed E-state index contributed by atoms with van der Waals surface area (Å²) in [5.74, 6) is -0.962. The van der Waals surface area contributed by atoms with Gasteiger partial charge in [0.15, 0.2) is 17.9 Å². The van der Waals surface area contributed by atoms with Gasteiger partial charge < -0.3 is 4.84 Å². The second-order valence-corrected chi connectivity index (χ2v) is 17.7. The van der Waals surface area contributed by atoms with Crippen molar-refractivity contribution in [1.82, 2.24) is 20.4 Å². The summed E-state index contributed by atoms with van der Waals surface area (Å²) >= 11 is 3.42. The van der Waals surface area contributed by atoms with Crippen molar-refractivity contribution in [1.29, 1.82) is 0 Å². The van der Waals surface area contributed by atoms with Crippen LogP contribution in [0.3, 0.4) is 0 Å². The van der Waals surface area contributed by atoms with Crippen molar-refractivity contribution in [2.24, 2.45) is 5.92 Å². The number of rotatable bonds is 12. The fourth-order valence-corrected chi connectivity index (χ4v) is 10.3. The number of carbonyl (C=O) groups is 3. The van der Waals surface area contributed by atoms with E-state index in [2.05, 4.69) is 118 Å². The lowest BCUT2D eigenvalue weighted by Gasteiger charge is -2.25. The second-order valence-electron chi connectivity index (χ2n) is 15.5. The molecule has 1 fully saturated rings. The average Bonchev–Trinajstić information content (AvgIpc) is 4.14. The fraction of sp³-hybridized carbons (Fsp3) is 0.204. The number of aryl methyl sites for hydroxylation is 1. The third-order valence-electron chi connectivity index (χ3n) is 11.5. The van der Waals surface area contributed by atoms with E-state index in [0.29, 0.717) is 35.0 Å². The summed E-state index contributed by atoms with van der Waals surface area (Å²) in [5.41, 5.74) is 8.58. The van der Waals surface area contributed by atoms with Crippen LogP contribution >= 0.6 is 22.7 Å². The Kier molecular flexibility index (Phi) is 10.6. The van der Waals surface area contributed by atoms with Gasteiger partial charge in [0, 0.05) is 58.0 Å². The van der Waals surface area contributed by atoms with Gasteiger partial charge in [-0.05, 0) is 111 Å². The number of imide groups is 1. The number of pyridine rings is 2. The first-order valence-electron chi connectivity index (χ1n) is 20.6. The number of carbonyl (C=O) groups excluding carboxylic acids is 3. The van der Waals surface area contributed by atoms with Gasteiger partial charge in [-0.3, -0.25) is 9.59 Å². The van der Waals surface area contributed by atoms with E-state index in [1.54, 1.807) is 22.7 Å². The van der Waals surface area contributed by atoms with Crippen LogP contribution in [0.15, 0.2) is 126 Å². The number of thiophene rings is 2. The SMILES string of the molecule is O=C(CCCC[n+]1ccc(C=Cc2nc(-c3ccc(-c4ccc5ccccc5c4)s3)c3nonc3c2-c2ccc(C3=CC=C4C=CCCC4C3)s2)cc1)ON1C(=O)CCC1=O. The molecule has 1 atom stereocenters. The lowest BCUT2D eigenvalue weighted by atomic mass is 9.81. The smallest absolute Gasteiger partial charge is 0.330 e. The summed E-state index contributed by atoms with van der Waals surface area (Å²) in [4.78, 5) is 50.5. The molecule has 0 N–H and O–H groups in total. The Balaban J connectivity index is 0.928. The Labute approximate surface area is 359 Å². The summed E-state index contributed by atoms with van der Waals surface area (Å²) in [7, 11) is 0. The normalized spacial score (nSPS) is 16.5. The van der Waals surface area contributed by atoms with E-state index in [-0.39, 0.29) is 19.3 Å². The average molecular weight is 843 g/mol. The Morgan fingerprint density at radius 1 is 0.836 bits per heavy atom. The van der Waals surface area contributed by atoms with Crippen LogP contribution in [0.1, 0.15) is 67.5 Å². The highest BCUT2D eigenvalue weighted by atomic mass is 32.1. The molecule has 1 saturated heterocycles. The number of nitrogens with zero attached hydrogens (tertiary/aromatic N) is 5. The molecule has 3 aliphatic rings. The molecule has 1 unspecified atom stereocenters. The first kappa shape index (κ1) is 38.6. The van der Waals surface area contributed by atoms with E-state index in [9.17, 15) is 14.4 Å². The molecule has 10 nitrogen and oxygen atoms in total. The van der Waals surface area contributed by atoms with Crippen LogP contribution in [0.25, 0.3) is 71.0 Å². The second kappa shape index (κ2) is 16.8. The van der Waals surface area contributed by atoms with Crippen LogP contribution in [0, 0.1) is 5.92 Å². The van der Waals surface area contributed by atoms with Gasteiger partial charge in [-0.25, -0.2) is 19.0 Å². The van der Waals surface area contributed by atoms with Crippen molar-refractivity contribution in [3.8, 4) is 31.5 Å². The zero-order valence-electron chi connectivity index (χ0n) is 33.2. The quantitative estimate of drug-likeness (QED) is 0.0678. The maximum absolute atomic E-state index is 12.2. The van der Waals surface area contributed by atoms with Crippen molar-refractivity contribution in [2.75, 3.05) is 0 Å². The minimum Gasteiger partial charge on any atom is -0.330 e. The summed E-state index contributed by atoms with van der Waals surface area (Å²) < 4.78 is 7.56. The molecule has 10 rings (SSSR count). The molecule has 5 aromatic heterocycles. The fourth-order valence-electron chi connectivity index (χ4n) is 8.22. The minimum atomic E-state index is -0.577. The molecule has 0 spiro atoms. The molecule has 12 heteroatoms. The van der Waals surface area contributed by atoms with Gasteiger partial charge in [0.25, 0.3) is 11.8 Å². The predicted molar refractivity (Wildman–Crippen MR) is 238 cm³/mol. The van der Waals surface area contributed by atoms with Crippen molar-refractivity contribution in [3.63, 3.8) is 0 Å². The number of allylic oxidation sites excluding steroid dienone is 6. The molecule has 1 aliphatic heterocycles. The van der Waals surface area contributed by atoms with Crippen molar-refractivity contribution in [3.05, 3.63) is 137 Å². The van der Waals surface area contributed by atoms with Crippen LogP contribution in [-0.2, 0) is 25.8 Å². The minimum absolute atomic E-state index is 0.0791. The highest BCUT2D eigenvalue weighted by Crippen LogP contribution is 2.45. The summed E-state index contributed by atoms with van der Waals surface area (Å²) in [6.07, 6.45) is 22.1. The van der Waals surface area contributed by atoms with E-state index in [0.717, 1.165) is 62.0 Å². The van der Waals surface area contributed by atoms with Gasteiger partial charge >= 0.3 is 5.97 Å². The first-order valence-corrected chi connectivity index (χ1v) is 22.2. The molecule has 2 amide bonds. The van der Waals surface area contributed by atoms with E-state index >= 15 is 0 Å². The van der Waals surface area contributed by atoms with E-state index in [1.807, 2.05) is 24.5 Å². The summed E-state index contributed by atoms with van der Waals surface area (Å²) in [5, 5.41) is 12.0. The molecule has 0 saturated carbocycles. The molecule has 7 aromatic rings. The number of hydroxylamine groups is 2. The first-order chi connectivity index (χ1) is 29.9. The Hall–Kier alpha value is -6.63. The van der Waals surface area contributed by atoms with Gasteiger partial charge in [-0.1, -0.05) is 66.8 Å². The number of hydrogen-bond donors (Lipinski definition) is 0. The van der Waals surface area contributed by atoms with Crippen LogP contribution in [-0.4, -0.2) is 38.1 Å². The van der Waals surface area contributed by atoms with E-state index in [1.165, 1.54) is 33.2 Å². The Morgan fingerprint density at radius 2 is 1.61 bits per heavy atom. The van der Waals surface area contributed by atoms with E-state index in [4.69, 9.17) is 14.5 Å². The lowest BCUT2D eigenvalue weighted by Crippen LogP contribution is -2.33. The maximum Gasteiger partial charge on any atom is 0.333 e. The molecule has 0 bridgehead atoms. The lowest BCUT2D eigenvalue weighted by molar-refractivity contribution is -0.697. The van der Waals surface area contributed by atoms with E-state index < -0.39 is 17.8 Å². The summed E-state index contributed by atoms with van der Waals surface area (Å²) in [6, 6.07) is 27.7.